The number of hydrogen-bond acceptors (Lipinski definition) is 7. The van der Waals surface area contributed by atoms with Crippen molar-refractivity contribution in [2.75, 3.05) is 11.1 Å². The van der Waals surface area contributed by atoms with Gasteiger partial charge in [0.1, 0.15) is 0 Å². The molecule has 0 bridgehead atoms. The maximum Gasteiger partial charge on any atom is 0.277 e. The minimum absolute atomic E-state index is 0.162. The number of anilines is 1. The summed E-state index contributed by atoms with van der Waals surface area (Å²) in [7, 11) is 0. The molecule has 0 atom stereocenters. The monoisotopic (exact) mass is 436 g/mol. The molecular formula is C22H20N4O2S2. The van der Waals surface area contributed by atoms with Gasteiger partial charge in [-0.1, -0.05) is 61.2 Å². The number of nitrogens with one attached hydrogen (secondary N) is 1. The van der Waals surface area contributed by atoms with Crippen LogP contribution in [0.2, 0.25) is 0 Å². The largest absolute Gasteiger partial charge is 0.411 e. The third-order valence-electron chi connectivity index (χ3n) is 4.52. The first-order chi connectivity index (χ1) is 14.6. The van der Waals surface area contributed by atoms with Crippen LogP contribution in [0.25, 0.3) is 22.7 Å². The number of aromatic nitrogens is 3. The Morgan fingerprint density at radius 1 is 1.13 bits per heavy atom. The molecule has 4 aromatic rings. The summed E-state index contributed by atoms with van der Waals surface area (Å²) in [6.45, 7) is 4.11. The average Bonchev–Trinajstić information content (AvgIpc) is 3.42. The standard InChI is InChI=1S/C22H20N4O2S2/c1-3-15-8-10-16(11-9-15)18-12-29-21(23-18)24-19(27)13-30-22-26-25-20(28-22)17-7-5-4-6-14(17)2/h4-12H,3,13H2,1-2H3,(H,23,24,27). The van der Waals surface area contributed by atoms with Gasteiger partial charge in [-0.2, -0.15) is 0 Å². The van der Waals surface area contributed by atoms with Crippen LogP contribution < -0.4 is 5.32 Å². The lowest BCUT2D eigenvalue weighted by Crippen LogP contribution is -2.13. The molecule has 0 aliphatic carbocycles. The molecule has 8 heteroatoms. The molecule has 2 heterocycles. The molecule has 0 fully saturated rings. The fraction of sp³-hybridized carbons (Fsp3) is 0.182. The van der Waals surface area contributed by atoms with Crippen LogP contribution in [0, 0.1) is 6.92 Å². The molecule has 0 aliphatic rings. The van der Waals surface area contributed by atoms with E-state index >= 15 is 0 Å². The fourth-order valence-corrected chi connectivity index (χ4v) is 4.15. The normalized spacial score (nSPS) is 10.9. The van der Waals surface area contributed by atoms with E-state index < -0.39 is 0 Å². The van der Waals surface area contributed by atoms with Crippen LogP contribution in [0.15, 0.2) is 63.6 Å². The van der Waals surface area contributed by atoms with Crippen molar-refractivity contribution >= 4 is 34.1 Å². The van der Waals surface area contributed by atoms with E-state index in [2.05, 4.69) is 51.7 Å². The number of rotatable bonds is 7. The van der Waals surface area contributed by atoms with E-state index in [-0.39, 0.29) is 11.7 Å². The SMILES string of the molecule is CCc1ccc(-c2csc(NC(=O)CSc3nnc(-c4ccccc4C)o3)n2)cc1. The zero-order valence-electron chi connectivity index (χ0n) is 16.6. The summed E-state index contributed by atoms with van der Waals surface area (Å²) in [4.78, 5) is 16.8. The van der Waals surface area contributed by atoms with Crippen LogP contribution in [0.3, 0.4) is 0 Å². The first kappa shape index (κ1) is 20.3. The molecule has 0 saturated carbocycles. The van der Waals surface area contributed by atoms with Gasteiger partial charge in [0.15, 0.2) is 5.13 Å². The van der Waals surface area contributed by atoms with Crippen molar-refractivity contribution < 1.29 is 9.21 Å². The quantitative estimate of drug-likeness (QED) is 0.387. The molecular weight excluding hydrogens is 416 g/mol. The summed E-state index contributed by atoms with van der Waals surface area (Å²) < 4.78 is 5.68. The van der Waals surface area contributed by atoms with Crippen molar-refractivity contribution in [3.8, 4) is 22.7 Å². The number of hydrogen-bond donors (Lipinski definition) is 1. The molecule has 0 radical (unpaired) electrons. The van der Waals surface area contributed by atoms with Crippen LogP contribution in [-0.2, 0) is 11.2 Å². The molecule has 0 saturated heterocycles. The van der Waals surface area contributed by atoms with Crippen molar-refractivity contribution in [1.29, 1.82) is 0 Å². The molecule has 4 rings (SSSR count). The first-order valence-electron chi connectivity index (χ1n) is 9.49. The fourth-order valence-electron chi connectivity index (χ4n) is 2.85. The summed E-state index contributed by atoms with van der Waals surface area (Å²) in [5, 5.41) is 13.8. The Kier molecular flexibility index (Phi) is 6.25. The van der Waals surface area contributed by atoms with Gasteiger partial charge in [0.2, 0.25) is 11.8 Å². The topological polar surface area (TPSA) is 80.9 Å². The summed E-state index contributed by atoms with van der Waals surface area (Å²) in [5.74, 6) is 0.447. The molecule has 1 N–H and O–H groups in total. The number of carbonyl (C=O) groups excluding carboxylic acids is 1. The highest BCUT2D eigenvalue weighted by Crippen LogP contribution is 2.27. The van der Waals surface area contributed by atoms with Gasteiger partial charge in [-0.05, 0) is 30.5 Å². The second-order valence-electron chi connectivity index (χ2n) is 6.61. The predicted molar refractivity (Wildman–Crippen MR) is 121 cm³/mol. The Hall–Kier alpha value is -2.97. The van der Waals surface area contributed by atoms with Crippen molar-refractivity contribution in [3.05, 3.63) is 65.0 Å². The highest BCUT2D eigenvalue weighted by Gasteiger charge is 2.14. The maximum absolute atomic E-state index is 12.3. The number of amides is 1. The van der Waals surface area contributed by atoms with E-state index in [4.69, 9.17) is 4.42 Å². The Labute approximate surface area is 182 Å². The van der Waals surface area contributed by atoms with Crippen LogP contribution >= 0.6 is 23.1 Å². The number of thiazole rings is 1. The van der Waals surface area contributed by atoms with Gasteiger partial charge in [-0.3, -0.25) is 4.79 Å². The second kappa shape index (κ2) is 9.23. The van der Waals surface area contributed by atoms with Gasteiger partial charge in [-0.25, -0.2) is 4.98 Å². The van der Waals surface area contributed by atoms with Gasteiger partial charge < -0.3 is 9.73 Å². The zero-order chi connectivity index (χ0) is 20.9. The van der Waals surface area contributed by atoms with Gasteiger partial charge in [0, 0.05) is 16.5 Å². The Balaban J connectivity index is 1.33. The van der Waals surface area contributed by atoms with Crippen molar-refractivity contribution in [2.45, 2.75) is 25.5 Å². The Morgan fingerprint density at radius 2 is 1.93 bits per heavy atom. The first-order valence-corrected chi connectivity index (χ1v) is 11.4. The highest BCUT2D eigenvalue weighted by molar-refractivity contribution is 7.99. The number of benzene rings is 2. The van der Waals surface area contributed by atoms with Crippen molar-refractivity contribution in [2.24, 2.45) is 0 Å². The van der Waals surface area contributed by atoms with Gasteiger partial charge in [0.25, 0.3) is 5.22 Å². The molecule has 1 amide bonds. The van der Waals surface area contributed by atoms with Crippen molar-refractivity contribution in [1.82, 2.24) is 15.2 Å². The van der Waals surface area contributed by atoms with Crippen LogP contribution in [-0.4, -0.2) is 26.8 Å². The van der Waals surface area contributed by atoms with Gasteiger partial charge >= 0.3 is 0 Å². The van der Waals surface area contributed by atoms with Gasteiger partial charge in [-0.15, -0.1) is 21.5 Å². The maximum atomic E-state index is 12.3. The van der Waals surface area contributed by atoms with Gasteiger partial charge in [0.05, 0.1) is 11.4 Å². The lowest BCUT2D eigenvalue weighted by atomic mass is 10.1. The zero-order valence-corrected chi connectivity index (χ0v) is 18.2. The predicted octanol–water partition coefficient (Wildman–Crippen LogP) is 5.46. The average molecular weight is 437 g/mol. The minimum Gasteiger partial charge on any atom is -0.411 e. The van der Waals surface area contributed by atoms with E-state index in [1.54, 1.807) is 0 Å². The molecule has 0 spiro atoms. The summed E-state index contributed by atoms with van der Waals surface area (Å²) in [6.07, 6.45) is 1.00. The van der Waals surface area contributed by atoms with E-state index in [9.17, 15) is 4.79 Å². The van der Waals surface area contributed by atoms with Crippen molar-refractivity contribution in [3.63, 3.8) is 0 Å². The second-order valence-corrected chi connectivity index (χ2v) is 8.40. The highest BCUT2D eigenvalue weighted by atomic mass is 32.2. The Morgan fingerprint density at radius 3 is 2.70 bits per heavy atom. The van der Waals surface area contributed by atoms with Crippen LogP contribution in [0.1, 0.15) is 18.1 Å². The third kappa shape index (κ3) is 4.77. The number of nitrogens with zero attached hydrogens (tertiary/aromatic N) is 3. The molecule has 2 aromatic carbocycles. The lowest BCUT2D eigenvalue weighted by Gasteiger charge is -2.01. The van der Waals surface area contributed by atoms with E-state index in [0.717, 1.165) is 28.8 Å². The molecule has 2 aromatic heterocycles. The third-order valence-corrected chi connectivity index (χ3v) is 6.09. The summed E-state index contributed by atoms with van der Waals surface area (Å²) >= 11 is 2.60. The Bertz CT molecular complexity index is 1150. The molecule has 0 aliphatic heterocycles. The summed E-state index contributed by atoms with van der Waals surface area (Å²) in [5.41, 5.74) is 5.12. The minimum atomic E-state index is -0.169. The van der Waals surface area contributed by atoms with E-state index in [1.165, 1.54) is 28.7 Å². The molecule has 152 valence electrons. The molecule has 6 nitrogen and oxygen atoms in total. The van der Waals surface area contributed by atoms with E-state index in [0.29, 0.717) is 16.2 Å². The number of aryl methyl sites for hydroxylation is 2. The van der Waals surface area contributed by atoms with E-state index in [1.807, 2.05) is 36.6 Å². The lowest BCUT2D eigenvalue weighted by molar-refractivity contribution is -0.113. The summed E-state index contributed by atoms with van der Waals surface area (Å²) in [6, 6.07) is 16.1. The number of carbonyl (C=O) groups is 1. The number of thioether (sulfide) groups is 1. The smallest absolute Gasteiger partial charge is 0.277 e. The molecule has 0 unspecified atom stereocenters. The molecule has 30 heavy (non-hydrogen) atoms. The van der Waals surface area contributed by atoms with Crippen LogP contribution in [0.4, 0.5) is 5.13 Å². The van der Waals surface area contributed by atoms with Crippen LogP contribution in [0.5, 0.6) is 0 Å².